The lowest BCUT2D eigenvalue weighted by Gasteiger charge is -2.33. The lowest BCUT2D eigenvalue weighted by atomic mass is 9.76. The highest BCUT2D eigenvalue weighted by atomic mass is 32.1. The number of nitrogens with zero attached hydrogens (tertiary/aromatic N) is 2. The summed E-state index contributed by atoms with van der Waals surface area (Å²) in [6, 6.07) is 11.6. The molecule has 0 bridgehead atoms. The van der Waals surface area contributed by atoms with Crippen molar-refractivity contribution in [1.82, 2.24) is 4.98 Å². The van der Waals surface area contributed by atoms with Gasteiger partial charge in [0, 0.05) is 36.8 Å². The second-order valence-corrected chi connectivity index (χ2v) is 12.0. The summed E-state index contributed by atoms with van der Waals surface area (Å²) in [6.45, 7) is 2.48. The van der Waals surface area contributed by atoms with Gasteiger partial charge in [0.1, 0.15) is 18.9 Å². The number of aryl methyl sites for hydroxylation is 1. The number of thiazole rings is 1. The van der Waals surface area contributed by atoms with Crippen LogP contribution in [-0.4, -0.2) is 90.2 Å². The SMILES string of the molecule is COc1cc2sc(CCC(=O)C3(CC(=O)O)Cc4ccccc4C3)nc2cc1OCCC[N+](C)(CCO)CCO. The maximum atomic E-state index is 13.5. The molecule has 0 spiro atoms. The highest BCUT2D eigenvalue weighted by Gasteiger charge is 2.44. The Bertz CT molecular complexity index is 1310. The molecule has 0 amide bonds. The predicted octanol–water partition coefficient (Wildman–Crippen LogP) is 3.27. The van der Waals surface area contributed by atoms with E-state index in [9.17, 15) is 24.9 Å². The van der Waals surface area contributed by atoms with Gasteiger partial charge in [0.25, 0.3) is 0 Å². The zero-order valence-electron chi connectivity index (χ0n) is 23.2. The van der Waals surface area contributed by atoms with Crippen molar-refractivity contribution in [2.45, 2.75) is 38.5 Å². The number of fused-ring (bicyclic) bond motifs is 2. The average molecular weight is 572 g/mol. The van der Waals surface area contributed by atoms with Crippen LogP contribution in [-0.2, 0) is 28.9 Å². The summed E-state index contributed by atoms with van der Waals surface area (Å²) in [7, 11) is 3.60. The van der Waals surface area contributed by atoms with Crippen molar-refractivity contribution in [3.63, 3.8) is 0 Å². The molecule has 1 aliphatic carbocycles. The van der Waals surface area contributed by atoms with Crippen LogP contribution < -0.4 is 9.47 Å². The molecule has 0 saturated heterocycles. The number of aromatic nitrogens is 1. The fraction of sp³-hybridized carbons (Fsp3) is 0.500. The molecule has 4 rings (SSSR count). The first-order chi connectivity index (χ1) is 19.2. The lowest BCUT2D eigenvalue weighted by Crippen LogP contribution is -2.49. The van der Waals surface area contributed by atoms with E-state index in [4.69, 9.17) is 14.5 Å². The molecule has 0 saturated carbocycles. The number of hydrogen-bond acceptors (Lipinski definition) is 8. The molecular weight excluding hydrogens is 532 g/mol. The smallest absolute Gasteiger partial charge is 0.304 e. The molecule has 216 valence electrons. The summed E-state index contributed by atoms with van der Waals surface area (Å²) in [5.41, 5.74) is 1.97. The summed E-state index contributed by atoms with van der Waals surface area (Å²) in [5, 5.41) is 29.1. The van der Waals surface area contributed by atoms with Gasteiger partial charge in [-0.2, -0.15) is 0 Å². The molecular formula is C30H39N2O7S+. The zero-order valence-corrected chi connectivity index (χ0v) is 24.0. The topological polar surface area (TPSA) is 126 Å². The molecule has 10 heteroatoms. The van der Waals surface area contributed by atoms with E-state index in [-0.39, 0.29) is 31.8 Å². The fourth-order valence-corrected chi connectivity index (χ4v) is 6.68. The number of likely N-dealkylation sites (N-methyl/N-ethyl adjacent to an activating group) is 1. The van der Waals surface area contributed by atoms with Crippen LogP contribution in [0.4, 0.5) is 0 Å². The second kappa shape index (κ2) is 13.1. The Balaban J connectivity index is 1.41. The number of methoxy groups -OCH3 is 1. The predicted molar refractivity (Wildman–Crippen MR) is 153 cm³/mol. The molecule has 0 atom stereocenters. The van der Waals surface area contributed by atoms with Gasteiger partial charge in [-0.05, 0) is 24.0 Å². The fourth-order valence-electron chi connectivity index (χ4n) is 5.70. The Morgan fingerprint density at radius 3 is 2.33 bits per heavy atom. The van der Waals surface area contributed by atoms with E-state index in [0.29, 0.717) is 54.9 Å². The van der Waals surface area contributed by atoms with Crippen LogP contribution >= 0.6 is 11.3 Å². The number of ether oxygens (including phenoxy) is 2. The Labute approximate surface area is 238 Å². The average Bonchev–Trinajstić information content (AvgIpc) is 3.49. The normalized spacial score (nSPS) is 14.3. The first-order valence-corrected chi connectivity index (χ1v) is 14.5. The number of hydrogen-bond donors (Lipinski definition) is 3. The number of carboxylic acid groups (broad SMARTS) is 1. The molecule has 1 aromatic heterocycles. The van der Waals surface area contributed by atoms with E-state index >= 15 is 0 Å². The summed E-state index contributed by atoms with van der Waals surface area (Å²) in [4.78, 5) is 29.9. The number of aliphatic hydroxyl groups excluding tert-OH is 2. The maximum Gasteiger partial charge on any atom is 0.304 e. The number of carbonyl (C=O) groups excluding carboxylic acids is 1. The van der Waals surface area contributed by atoms with Crippen LogP contribution in [0.3, 0.4) is 0 Å². The third-order valence-corrected chi connectivity index (χ3v) is 9.00. The van der Waals surface area contributed by atoms with Crippen molar-refractivity contribution in [2.75, 3.05) is 53.6 Å². The highest BCUT2D eigenvalue weighted by molar-refractivity contribution is 7.18. The van der Waals surface area contributed by atoms with E-state index in [1.165, 1.54) is 11.3 Å². The van der Waals surface area contributed by atoms with Crippen LogP contribution in [0.15, 0.2) is 36.4 Å². The van der Waals surface area contributed by atoms with Crippen LogP contribution in [0.2, 0.25) is 0 Å². The Hall–Kier alpha value is -3.05. The molecule has 3 N–H and O–H groups in total. The number of benzene rings is 2. The molecule has 3 aromatic rings. The largest absolute Gasteiger partial charge is 0.493 e. The minimum absolute atomic E-state index is 0.0280. The van der Waals surface area contributed by atoms with Gasteiger partial charge in [-0.15, -0.1) is 11.3 Å². The number of Topliss-reactive ketones (excluding diaryl/α,β-unsaturated/α-hetero) is 1. The molecule has 1 aliphatic rings. The van der Waals surface area contributed by atoms with Gasteiger partial charge in [0.15, 0.2) is 11.5 Å². The van der Waals surface area contributed by atoms with Gasteiger partial charge in [-0.3, -0.25) is 9.59 Å². The minimum Gasteiger partial charge on any atom is -0.493 e. The summed E-state index contributed by atoms with van der Waals surface area (Å²) >= 11 is 1.50. The number of aliphatic hydroxyl groups is 2. The van der Waals surface area contributed by atoms with Crippen LogP contribution in [0, 0.1) is 5.41 Å². The molecule has 0 unspecified atom stereocenters. The number of carboxylic acids is 1. The van der Waals surface area contributed by atoms with Gasteiger partial charge in [-0.25, -0.2) is 4.98 Å². The van der Waals surface area contributed by atoms with Crippen molar-refractivity contribution >= 4 is 33.3 Å². The third-order valence-electron chi connectivity index (χ3n) is 7.92. The number of quaternary nitrogens is 1. The molecule has 2 aromatic carbocycles. The Morgan fingerprint density at radius 1 is 1.05 bits per heavy atom. The number of rotatable bonds is 16. The molecule has 9 nitrogen and oxygen atoms in total. The molecule has 0 radical (unpaired) electrons. The van der Waals surface area contributed by atoms with E-state index < -0.39 is 11.4 Å². The molecule has 1 heterocycles. The van der Waals surface area contributed by atoms with E-state index in [1.54, 1.807) is 7.11 Å². The molecule has 0 fully saturated rings. The van der Waals surface area contributed by atoms with Crippen molar-refractivity contribution in [3.8, 4) is 11.5 Å². The van der Waals surface area contributed by atoms with E-state index in [1.807, 2.05) is 43.4 Å². The van der Waals surface area contributed by atoms with E-state index in [0.717, 1.165) is 39.3 Å². The molecule has 40 heavy (non-hydrogen) atoms. The third kappa shape index (κ3) is 6.98. The van der Waals surface area contributed by atoms with Crippen molar-refractivity contribution in [2.24, 2.45) is 5.41 Å². The Morgan fingerprint density at radius 2 is 1.73 bits per heavy atom. The lowest BCUT2D eigenvalue weighted by molar-refractivity contribution is -0.910. The second-order valence-electron chi connectivity index (χ2n) is 10.9. The number of ketones is 1. The zero-order chi connectivity index (χ0) is 28.8. The summed E-state index contributed by atoms with van der Waals surface area (Å²) in [6.07, 6.45) is 2.18. The van der Waals surface area contributed by atoms with Gasteiger partial charge in [-0.1, -0.05) is 24.3 Å². The maximum absolute atomic E-state index is 13.5. The van der Waals surface area contributed by atoms with Crippen molar-refractivity contribution in [1.29, 1.82) is 0 Å². The van der Waals surface area contributed by atoms with Crippen LogP contribution in [0.25, 0.3) is 10.2 Å². The van der Waals surface area contributed by atoms with Gasteiger partial charge < -0.3 is 29.3 Å². The quantitative estimate of drug-likeness (QED) is 0.177. The number of aliphatic carboxylic acids is 1. The Kier molecular flexibility index (Phi) is 9.78. The first kappa shape index (κ1) is 29.9. The van der Waals surface area contributed by atoms with E-state index in [2.05, 4.69) is 0 Å². The summed E-state index contributed by atoms with van der Waals surface area (Å²) < 4.78 is 13.1. The minimum atomic E-state index is -0.953. The summed E-state index contributed by atoms with van der Waals surface area (Å²) in [5.74, 6) is 0.211. The first-order valence-electron chi connectivity index (χ1n) is 13.7. The van der Waals surface area contributed by atoms with Gasteiger partial charge >= 0.3 is 5.97 Å². The van der Waals surface area contributed by atoms with Crippen molar-refractivity contribution in [3.05, 3.63) is 52.5 Å². The monoisotopic (exact) mass is 571 g/mol. The van der Waals surface area contributed by atoms with Gasteiger partial charge in [0.2, 0.25) is 0 Å². The van der Waals surface area contributed by atoms with Gasteiger partial charge in [0.05, 0.1) is 62.2 Å². The highest BCUT2D eigenvalue weighted by Crippen LogP contribution is 2.42. The van der Waals surface area contributed by atoms with Crippen molar-refractivity contribution < 1.29 is 38.9 Å². The molecule has 0 aliphatic heterocycles. The number of carbonyl (C=O) groups is 2. The van der Waals surface area contributed by atoms with Crippen LogP contribution in [0.5, 0.6) is 11.5 Å². The standard InChI is InChI=1S/C30H38N2O7S/c1-32(11-13-33,12-14-34)10-5-15-39-25-16-23-26(17-24(25)38-2)40-28(31-23)9-8-27(35)30(20-29(36)37)18-21-6-3-4-7-22(21)19-30/h3-4,6-7,16-17,33-34H,5,8-15,18-20H2,1-2H3/p+1. The van der Waals surface area contributed by atoms with Crippen LogP contribution in [0.1, 0.15) is 35.4 Å².